The van der Waals surface area contributed by atoms with Gasteiger partial charge in [0.25, 0.3) is 0 Å². The molecule has 1 aliphatic rings. The first-order valence-corrected chi connectivity index (χ1v) is 6.81. The Morgan fingerprint density at radius 3 is 3.11 bits per heavy atom. The fourth-order valence-corrected chi connectivity index (χ4v) is 2.84. The molecular formula is C16H17N3. The molecule has 1 aromatic heterocycles. The Bertz CT molecular complexity index is 609. The van der Waals surface area contributed by atoms with E-state index in [0.717, 1.165) is 38.0 Å². The van der Waals surface area contributed by atoms with E-state index in [-0.39, 0.29) is 5.92 Å². The van der Waals surface area contributed by atoms with Crippen LogP contribution in [0.5, 0.6) is 0 Å². The normalized spacial score (nSPS) is 20.3. The monoisotopic (exact) mass is 251 g/mol. The van der Waals surface area contributed by atoms with Crippen LogP contribution in [0, 0.1) is 17.2 Å². The highest BCUT2D eigenvalue weighted by Crippen LogP contribution is 2.21. The number of para-hydroxylation sites is 1. The molecule has 0 saturated carbocycles. The lowest BCUT2D eigenvalue weighted by molar-refractivity contribution is 0.193. The molecule has 0 radical (unpaired) electrons. The number of piperidine rings is 1. The number of aromatic nitrogens is 1. The summed E-state index contributed by atoms with van der Waals surface area (Å²) < 4.78 is 0. The van der Waals surface area contributed by atoms with Crippen molar-refractivity contribution in [1.82, 2.24) is 9.88 Å². The zero-order chi connectivity index (χ0) is 13.1. The average Bonchev–Trinajstić information content (AvgIpc) is 2.48. The van der Waals surface area contributed by atoms with Crippen molar-refractivity contribution in [2.75, 3.05) is 13.1 Å². The van der Waals surface area contributed by atoms with E-state index in [9.17, 15) is 0 Å². The van der Waals surface area contributed by atoms with E-state index < -0.39 is 0 Å². The van der Waals surface area contributed by atoms with E-state index in [4.69, 9.17) is 5.26 Å². The molecule has 2 heterocycles. The van der Waals surface area contributed by atoms with Gasteiger partial charge < -0.3 is 0 Å². The van der Waals surface area contributed by atoms with E-state index >= 15 is 0 Å². The second-order valence-electron chi connectivity index (χ2n) is 5.19. The maximum Gasteiger partial charge on any atom is 0.0705 e. The SMILES string of the molecule is N#CC1CCCN(Cc2ccnc3ccccc23)C1. The summed E-state index contributed by atoms with van der Waals surface area (Å²) in [5.74, 6) is 0.196. The Hall–Kier alpha value is -1.92. The van der Waals surface area contributed by atoms with Crippen molar-refractivity contribution in [3.63, 3.8) is 0 Å². The molecule has 1 atom stereocenters. The van der Waals surface area contributed by atoms with Crippen LogP contribution in [0.3, 0.4) is 0 Å². The minimum Gasteiger partial charge on any atom is -0.298 e. The van der Waals surface area contributed by atoms with Gasteiger partial charge in [-0.3, -0.25) is 9.88 Å². The molecule has 3 nitrogen and oxygen atoms in total. The largest absolute Gasteiger partial charge is 0.298 e. The molecule has 1 unspecified atom stereocenters. The third-order valence-electron chi connectivity index (χ3n) is 3.82. The molecule has 0 bridgehead atoms. The number of fused-ring (bicyclic) bond motifs is 1. The highest BCUT2D eigenvalue weighted by atomic mass is 15.1. The molecule has 0 amide bonds. The van der Waals surface area contributed by atoms with Crippen molar-refractivity contribution in [3.05, 3.63) is 42.1 Å². The maximum atomic E-state index is 9.06. The molecular weight excluding hydrogens is 234 g/mol. The first kappa shape index (κ1) is 12.1. The first-order chi connectivity index (χ1) is 9.36. The number of hydrogen-bond donors (Lipinski definition) is 0. The smallest absolute Gasteiger partial charge is 0.0705 e. The van der Waals surface area contributed by atoms with Crippen LogP contribution in [0.15, 0.2) is 36.5 Å². The van der Waals surface area contributed by atoms with Crippen molar-refractivity contribution in [1.29, 1.82) is 5.26 Å². The fraction of sp³-hybridized carbons (Fsp3) is 0.375. The summed E-state index contributed by atoms with van der Waals surface area (Å²) in [4.78, 5) is 6.78. The van der Waals surface area contributed by atoms with Crippen LogP contribution in [0.25, 0.3) is 10.9 Å². The minimum absolute atomic E-state index is 0.196. The number of nitriles is 1. The van der Waals surface area contributed by atoms with E-state index in [1.165, 1.54) is 10.9 Å². The molecule has 0 spiro atoms. The average molecular weight is 251 g/mol. The number of likely N-dealkylation sites (tertiary alicyclic amines) is 1. The summed E-state index contributed by atoms with van der Waals surface area (Å²) in [5, 5.41) is 10.3. The van der Waals surface area contributed by atoms with Crippen molar-refractivity contribution in [2.24, 2.45) is 5.92 Å². The molecule has 2 aromatic rings. The molecule has 0 aliphatic carbocycles. The molecule has 1 saturated heterocycles. The Morgan fingerprint density at radius 1 is 1.32 bits per heavy atom. The zero-order valence-corrected chi connectivity index (χ0v) is 10.9. The molecule has 3 heteroatoms. The van der Waals surface area contributed by atoms with Crippen LogP contribution in [0.1, 0.15) is 18.4 Å². The van der Waals surface area contributed by atoms with Crippen LogP contribution < -0.4 is 0 Å². The molecule has 1 aromatic carbocycles. The number of benzene rings is 1. The number of nitrogens with zero attached hydrogens (tertiary/aromatic N) is 3. The van der Waals surface area contributed by atoms with Crippen molar-refractivity contribution in [3.8, 4) is 6.07 Å². The predicted octanol–water partition coefficient (Wildman–Crippen LogP) is 2.97. The number of pyridine rings is 1. The van der Waals surface area contributed by atoms with Crippen LogP contribution in [-0.2, 0) is 6.54 Å². The summed E-state index contributed by atoms with van der Waals surface area (Å²) >= 11 is 0. The van der Waals surface area contributed by atoms with Crippen LogP contribution in [0.2, 0.25) is 0 Å². The summed E-state index contributed by atoms with van der Waals surface area (Å²) in [6.07, 6.45) is 4.05. The van der Waals surface area contributed by atoms with Gasteiger partial charge in [-0.2, -0.15) is 5.26 Å². The Labute approximate surface area is 113 Å². The second-order valence-corrected chi connectivity index (χ2v) is 5.19. The molecule has 1 fully saturated rings. The van der Waals surface area contributed by atoms with Gasteiger partial charge in [-0.15, -0.1) is 0 Å². The fourth-order valence-electron chi connectivity index (χ4n) is 2.84. The third kappa shape index (κ3) is 2.59. The lowest BCUT2D eigenvalue weighted by Crippen LogP contribution is -2.34. The van der Waals surface area contributed by atoms with Gasteiger partial charge in [0.15, 0.2) is 0 Å². The Balaban J connectivity index is 1.83. The van der Waals surface area contributed by atoms with Crippen LogP contribution >= 0.6 is 0 Å². The highest BCUT2D eigenvalue weighted by Gasteiger charge is 2.19. The first-order valence-electron chi connectivity index (χ1n) is 6.81. The quantitative estimate of drug-likeness (QED) is 0.823. The zero-order valence-electron chi connectivity index (χ0n) is 10.9. The number of rotatable bonds is 2. The topological polar surface area (TPSA) is 39.9 Å². The summed E-state index contributed by atoms with van der Waals surface area (Å²) in [5.41, 5.74) is 2.36. The van der Waals surface area contributed by atoms with Gasteiger partial charge in [-0.1, -0.05) is 18.2 Å². The maximum absolute atomic E-state index is 9.06. The van der Waals surface area contributed by atoms with Gasteiger partial charge in [-0.05, 0) is 37.1 Å². The van der Waals surface area contributed by atoms with Crippen molar-refractivity contribution < 1.29 is 0 Å². The van der Waals surface area contributed by atoms with E-state index in [2.05, 4.69) is 34.2 Å². The van der Waals surface area contributed by atoms with Gasteiger partial charge in [0.2, 0.25) is 0 Å². The van der Waals surface area contributed by atoms with E-state index in [0.29, 0.717) is 0 Å². The van der Waals surface area contributed by atoms with Gasteiger partial charge >= 0.3 is 0 Å². The molecule has 96 valence electrons. The molecule has 3 rings (SSSR count). The van der Waals surface area contributed by atoms with Gasteiger partial charge in [0.1, 0.15) is 0 Å². The molecule has 19 heavy (non-hydrogen) atoms. The lowest BCUT2D eigenvalue weighted by Gasteiger charge is -2.29. The Kier molecular flexibility index (Phi) is 3.43. The molecule has 0 N–H and O–H groups in total. The highest BCUT2D eigenvalue weighted by molar-refractivity contribution is 5.81. The predicted molar refractivity (Wildman–Crippen MR) is 75.4 cm³/mol. The number of hydrogen-bond acceptors (Lipinski definition) is 3. The minimum atomic E-state index is 0.196. The van der Waals surface area contributed by atoms with E-state index in [1.807, 2.05) is 18.3 Å². The summed E-state index contributed by atoms with van der Waals surface area (Å²) in [6, 6.07) is 12.8. The lowest BCUT2D eigenvalue weighted by atomic mass is 9.99. The van der Waals surface area contributed by atoms with Crippen LogP contribution in [0.4, 0.5) is 0 Å². The van der Waals surface area contributed by atoms with Gasteiger partial charge in [-0.25, -0.2) is 0 Å². The second kappa shape index (κ2) is 5.38. The summed E-state index contributed by atoms with van der Waals surface area (Å²) in [6.45, 7) is 2.91. The van der Waals surface area contributed by atoms with Crippen molar-refractivity contribution in [2.45, 2.75) is 19.4 Å². The molecule has 1 aliphatic heterocycles. The summed E-state index contributed by atoms with van der Waals surface area (Å²) in [7, 11) is 0. The van der Waals surface area contributed by atoms with Crippen LogP contribution in [-0.4, -0.2) is 23.0 Å². The Morgan fingerprint density at radius 2 is 2.21 bits per heavy atom. The van der Waals surface area contributed by atoms with Gasteiger partial charge in [0, 0.05) is 24.7 Å². The standard InChI is InChI=1S/C16H17N3/c17-10-13-4-3-9-19(11-13)12-14-7-8-18-16-6-2-1-5-15(14)16/h1-2,5-8,13H,3-4,9,11-12H2. The van der Waals surface area contributed by atoms with Gasteiger partial charge in [0.05, 0.1) is 17.5 Å². The van der Waals surface area contributed by atoms with Crippen molar-refractivity contribution >= 4 is 10.9 Å². The van der Waals surface area contributed by atoms with E-state index in [1.54, 1.807) is 0 Å². The third-order valence-corrected chi connectivity index (χ3v) is 3.82.